The first kappa shape index (κ1) is 13.4. The second-order valence-electron chi connectivity index (χ2n) is 6.51. The van der Waals surface area contributed by atoms with Crippen LogP contribution in [0.1, 0.15) is 27.8 Å². The summed E-state index contributed by atoms with van der Waals surface area (Å²) in [5, 5.41) is 5.03. The molecule has 0 bridgehead atoms. The lowest BCUT2D eigenvalue weighted by atomic mass is 9.94. The molecule has 1 heteroatoms. The van der Waals surface area contributed by atoms with Crippen LogP contribution in [0.3, 0.4) is 0 Å². The molecule has 1 nitrogen and oxygen atoms in total. The molecule has 0 N–H and O–H groups in total. The van der Waals surface area contributed by atoms with Crippen molar-refractivity contribution in [3.63, 3.8) is 0 Å². The Hall–Kier alpha value is -2.28. The molecule has 0 amide bonds. The van der Waals surface area contributed by atoms with E-state index in [1.54, 1.807) is 0 Å². The van der Waals surface area contributed by atoms with Gasteiger partial charge in [0.15, 0.2) is 0 Å². The van der Waals surface area contributed by atoms with E-state index in [4.69, 9.17) is 4.42 Å². The Morgan fingerprint density at radius 3 is 2.18 bits per heavy atom. The Kier molecular flexibility index (Phi) is 2.65. The molecule has 4 aromatic rings. The molecule has 4 rings (SSSR count). The summed E-state index contributed by atoms with van der Waals surface area (Å²) in [5.41, 5.74) is 8.62. The number of furan rings is 1. The van der Waals surface area contributed by atoms with Crippen LogP contribution in [0.5, 0.6) is 0 Å². The van der Waals surface area contributed by atoms with Crippen molar-refractivity contribution in [1.29, 1.82) is 0 Å². The van der Waals surface area contributed by atoms with Crippen LogP contribution in [0.2, 0.25) is 0 Å². The highest BCUT2D eigenvalue weighted by atomic mass is 16.3. The molecule has 3 aromatic carbocycles. The van der Waals surface area contributed by atoms with Crippen LogP contribution in [0.4, 0.5) is 0 Å². The molecule has 0 radical (unpaired) electrons. The van der Waals surface area contributed by atoms with Gasteiger partial charge in [0.05, 0.1) is 0 Å². The van der Waals surface area contributed by atoms with Gasteiger partial charge in [-0.2, -0.15) is 0 Å². The maximum absolute atomic E-state index is 6.25. The Morgan fingerprint density at radius 2 is 1.41 bits per heavy atom. The van der Waals surface area contributed by atoms with Gasteiger partial charge in [0.1, 0.15) is 11.2 Å². The summed E-state index contributed by atoms with van der Waals surface area (Å²) in [6.45, 7) is 10.9. The zero-order chi connectivity index (χ0) is 15.6. The third-order valence-electron chi connectivity index (χ3n) is 5.21. The first-order valence-corrected chi connectivity index (χ1v) is 7.80. The minimum Gasteiger partial charge on any atom is -0.456 e. The van der Waals surface area contributed by atoms with Crippen molar-refractivity contribution >= 4 is 32.7 Å². The summed E-state index contributed by atoms with van der Waals surface area (Å²) in [4.78, 5) is 0. The molecular formula is C21H20O. The van der Waals surface area contributed by atoms with Crippen LogP contribution in [-0.4, -0.2) is 0 Å². The average molecular weight is 288 g/mol. The summed E-state index contributed by atoms with van der Waals surface area (Å²) in [5.74, 6) is 0. The normalized spacial score (nSPS) is 11.9. The zero-order valence-electron chi connectivity index (χ0n) is 13.8. The van der Waals surface area contributed by atoms with E-state index in [-0.39, 0.29) is 0 Å². The van der Waals surface area contributed by atoms with Crippen LogP contribution in [0, 0.1) is 34.6 Å². The summed E-state index contributed by atoms with van der Waals surface area (Å²) >= 11 is 0. The van der Waals surface area contributed by atoms with E-state index in [2.05, 4.69) is 65.0 Å². The molecule has 0 atom stereocenters. The molecule has 1 aromatic heterocycles. The van der Waals surface area contributed by atoms with Crippen LogP contribution in [-0.2, 0) is 0 Å². The van der Waals surface area contributed by atoms with E-state index in [0.717, 1.165) is 11.2 Å². The smallest absolute Gasteiger partial charge is 0.138 e. The molecule has 0 saturated heterocycles. The Bertz CT molecular complexity index is 1060. The molecule has 0 aliphatic rings. The first-order valence-electron chi connectivity index (χ1n) is 7.80. The predicted molar refractivity (Wildman–Crippen MR) is 94.9 cm³/mol. The van der Waals surface area contributed by atoms with Gasteiger partial charge in [-0.05, 0) is 79.8 Å². The predicted octanol–water partition coefficient (Wildman–Crippen LogP) is 6.28. The second-order valence-corrected chi connectivity index (χ2v) is 6.51. The van der Waals surface area contributed by atoms with Gasteiger partial charge >= 0.3 is 0 Å². The van der Waals surface area contributed by atoms with Gasteiger partial charge in [-0.3, -0.25) is 0 Å². The maximum atomic E-state index is 6.25. The van der Waals surface area contributed by atoms with Gasteiger partial charge in [0, 0.05) is 10.8 Å². The number of benzene rings is 3. The average Bonchev–Trinajstić information content (AvgIpc) is 2.87. The van der Waals surface area contributed by atoms with Crippen LogP contribution < -0.4 is 0 Å². The van der Waals surface area contributed by atoms with E-state index in [9.17, 15) is 0 Å². The Morgan fingerprint density at radius 1 is 0.682 bits per heavy atom. The van der Waals surface area contributed by atoms with Crippen LogP contribution >= 0.6 is 0 Å². The van der Waals surface area contributed by atoms with E-state index in [0.29, 0.717) is 0 Å². The van der Waals surface area contributed by atoms with E-state index < -0.39 is 0 Å². The summed E-state index contributed by atoms with van der Waals surface area (Å²) in [6, 6.07) is 11.0. The third-order valence-corrected chi connectivity index (χ3v) is 5.21. The van der Waals surface area contributed by atoms with Crippen molar-refractivity contribution < 1.29 is 4.42 Å². The maximum Gasteiger partial charge on any atom is 0.138 e. The third kappa shape index (κ3) is 1.65. The van der Waals surface area contributed by atoms with Gasteiger partial charge in [-0.1, -0.05) is 23.8 Å². The minimum absolute atomic E-state index is 0.990. The first-order chi connectivity index (χ1) is 10.5. The molecule has 0 aliphatic heterocycles. The lowest BCUT2D eigenvalue weighted by Gasteiger charge is -2.09. The molecule has 0 unspecified atom stereocenters. The second kappa shape index (κ2) is 4.36. The topological polar surface area (TPSA) is 13.1 Å². The monoisotopic (exact) mass is 288 g/mol. The van der Waals surface area contributed by atoms with Crippen molar-refractivity contribution in [1.82, 2.24) is 0 Å². The number of hydrogen-bond donors (Lipinski definition) is 0. The molecule has 110 valence electrons. The number of hydrogen-bond acceptors (Lipinski definition) is 1. The molecule has 22 heavy (non-hydrogen) atoms. The Balaban J connectivity index is 2.26. The summed E-state index contributed by atoms with van der Waals surface area (Å²) in [7, 11) is 0. The fourth-order valence-electron chi connectivity index (χ4n) is 3.52. The molecule has 0 saturated carbocycles. The molecule has 0 aliphatic carbocycles. The van der Waals surface area contributed by atoms with Crippen LogP contribution in [0.15, 0.2) is 34.7 Å². The fraction of sp³-hybridized carbons (Fsp3) is 0.238. The minimum atomic E-state index is 0.990. The molecular weight excluding hydrogens is 268 g/mol. The summed E-state index contributed by atoms with van der Waals surface area (Å²) in [6.07, 6.45) is 0. The van der Waals surface area contributed by atoms with Gasteiger partial charge in [-0.25, -0.2) is 0 Å². The highest BCUT2D eigenvalue weighted by molar-refractivity contribution is 6.12. The van der Waals surface area contributed by atoms with E-state index in [1.807, 2.05) is 0 Å². The Labute approximate surface area is 130 Å². The fourth-order valence-corrected chi connectivity index (χ4v) is 3.52. The van der Waals surface area contributed by atoms with Crippen molar-refractivity contribution in [3.05, 3.63) is 58.1 Å². The van der Waals surface area contributed by atoms with Gasteiger partial charge in [0.25, 0.3) is 0 Å². The SMILES string of the molecule is Cc1ccc2cc3c(cc2c1)oc1c(C)c(C)c(C)c(C)c13. The quantitative estimate of drug-likeness (QED) is 0.371. The highest BCUT2D eigenvalue weighted by Crippen LogP contribution is 2.38. The summed E-state index contributed by atoms with van der Waals surface area (Å²) < 4.78 is 6.25. The van der Waals surface area contributed by atoms with Crippen LogP contribution in [0.25, 0.3) is 32.7 Å². The number of aryl methyl sites for hydroxylation is 3. The standard InChI is InChI=1S/C21H20O/c1-11-6-7-16-9-18-19(10-17(16)8-11)22-21-15(5)13(3)12(2)14(4)20(18)21/h6-10H,1-5H3. The number of fused-ring (bicyclic) bond motifs is 4. The van der Waals surface area contributed by atoms with Gasteiger partial charge in [0.2, 0.25) is 0 Å². The van der Waals surface area contributed by atoms with Crippen molar-refractivity contribution in [2.24, 2.45) is 0 Å². The zero-order valence-corrected chi connectivity index (χ0v) is 13.8. The lowest BCUT2D eigenvalue weighted by molar-refractivity contribution is 0.665. The van der Waals surface area contributed by atoms with E-state index in [1.165, 1.54) is 49.4 Å². The molecule has 1 heterocycles. The largest absolute Gasteiger partial charge is 0.456 e. The highest BCUT2D eigenvalue weighted by Gasteiger charge is 2.16. The van der Waals surface area contributed by atoms with Gasteiger partial charge in [-0.15, -0.1) is 0 Å². The molecule has 0 spiro atoms. The number of rotatable bonds is 0. The van der Waals surface area contributed by atoms with Gasteiger partial charge < -0.3 is 4.42 Å². The van der Waals surface area contributed by atoms with Crippen molar-refractivity contribution in [2.75, 3.05) is 0 Å². The van der Waals surface area contributed by atoms with E-state index >= 15 is 0 Å². The lowest BCUT2D eigenvalue weighted by Crippen LogP contribution is -1.91. The molecule has 0 fully saturated rings. The van der Waals surface area contributed by atoms with Crippen molar-refractivity contribution in [2.45, 2.75) is 34.6 Å². The van der Waals surface area contributed by atoms with Crippen molar-refractivity contribution in [3.8, 4) is 0 Å².